The standard InChI is InChI=1S/C14H17N5O3/c1-11-8-18(5-6-21-11)14(20)9-22-13-4-2-3-12(7-13)19-10-15-16-17-19/h2-4,7,10-11H,5-6,8-9H2,1H3. The Balaban J connectivity index is 1.59. The average molecular weight is 303 g/mol. The summed E-state index contributed by atoms with van der Waals surface area (Å²) in [5.74, 6) is 0.561. The molecule has 1 atom stereocenters. The summed E-state index contributed by atoms with van der Waals surface area (Å²) in [5, 5.41) is 11.0. The molecule has 116 valence electrons. The number of hydrogen-bond acceptors (Lipinski definition) is 6. The van der Waals surface area contributed by atoms with E-state index in [1.54, 1.807) is 17.0 Å². The second kappa shape index (κ2) is 6.52. The van der Waals surface area contributed by atoms with Crippen LogP contribution in [0.1, 0.15) is 6.92 Å². The molecule has 8 heteroatoms. The van der Waals surface area contributed by atoms with Crippen LogP contribution in [0.5, 0.6) is 5.75 Å². The van der Waals surface area contributed by atoms with E-state index in [4.69, 9.17) is 9.47 Å². The molecule has 1 aromatic carbocycles. The average Bonchev–Trinajstić information content (AvgIpc) is 3.07. The molecular weight excluding hydrogens is 286 g/mol. The number of nitrogens with zero attached hydrogens (tertiary/aromatic N) is 5. The van der Waals surface area contributed by atoms with E-state index >= 15 is 0 Å². The van der Waals surface area contributed by atoms with Gasteiger partial charge in [-0.25, -0.2) is 4.68 Å². The molecule has 1 saturated heterocycles. The quantitative estimate of drug-likeness (QED) is 0.807. The highest BCUT2D eigenvalue weighted by Gasteiger charge is 2.21. The molecule has 2 aromatic rings. The minimum atomic E-state index is -0.0389. The van der Waals surface area contributed by atoms with Gasteiger partial charge in [-0.05, 0) is 29.5 Å². The molecule has 1 amide bonds. The maximum atomic E-state index is 12.1. The van der Waals surface area contributed by atoms with Crippen molar-refractivity contribution in [3.8, 4) is 11.4 Å². The lowest BCUT2D eigenvalue weighted by Gasteiger charge is -2.31. The molecule has 1 unspecified atom stereocenters. The number of tetrazole rings is 1. The van der Waals surface area contributed by atoms with Crippen molar-refractivity contribution in [2.24, 2.45) is 0 Å². The summed E-state index contributed by atoms with van der Waals surface area (Å²) in [6.45, 7) is 3.74. The molecule has 0 saturated carbocycles. The summed E-state index contributed by atoms with van der Waals surface area (Å²) in [7, 11) is 0. The van der Waals surface area contributed by atoms with Crippen molar-refractivity contribution in [1.29, 1.82) is 0 Å². The molecule has 0 N–H and O–H groups in total. The first-order chi connectivity index (χ1) is 10.7. The van der Waals surface area contributed by atoms with Gasteiger partial charge in [-0.2, -0.15) is 0 Å². The van der Waals surface area contributed by atoms with E-state index in [2.05, 4.69) is 15.5 Å². The molecule has 8 nitrogen and oxygen atoms in total. The van der Waals surface area contributed by atoms with Gasteiger partial charge in [0.05, 0.1) is 18.4 Å². The minimum Gasteiger partial charge on any atom is -0.484 e. The highest BCUT2D eigenvalue weighted by Crippen LogP contribution is 2.16. The lowest BCUT2D eigenvalue weighted by Crippen LogP contribution is -2.46. The molecule has 0 radical (unpaired) electrons. The molecule has 0 aliphatic carbocycles. The second-order valence-corrected chi connectivity index (χ2v) is 5.06. The smallest absolute Gasteiger partial charge is 0.260 e. The van der Waals surface area contributed by atoms with Gasteiger partial charge < -0.3 is 14.4 Å². The SMILES string of the molecule is CC1CN(C(=O)COc2cccc(-n3cnnn3)c2)CCO1. The Morgan fingerprint density at radius 2 is 2.41 bits per heavy atom. The van der Waals surface area contributed by atoms with E-state index in [1.165, 1.54) is 11.0 Å². The van der Waals surface area contributed by atoms with Crippen LogP contribution in [0, 0.1) is 0 Å². The number of benzene rings is 1. The molecule has 1 aliphatic heterocycles. The van der Waals surface area contributed by atoms with Crippen LogP contribution in [0.25, 0.3) is 5.69 Å². The Bertz CT molecular complexity index is 631. The van der Waals surface area contributed by atoms with Gasteiger partial charge in [0.1, 0.15) is 12.1 Å². The van der Waals surface area contributed by atoms with Gasteiger partial charge in [-0.15, -0.1) is 5.10 Å². The summed E-state index contributed by atoms with van der Waals surface area (Å²) in [6.07, 6.45) is 1.57. The van der Waals surface area contributed by atoms with E-state index in [1.807, 2.05) is 19.1 Å². The van der Waals surface area contributed by atoms with Crippen molar-refractivity contribution in [2.75, 3.05) is 26.3 Å². The zero-order valence-electron chi connectivity index (χ0n) is 12.3. The third kappa shape index (κ3) is 3.40. The maximum Gasteiger partial charge on any atom is 0.260 e. The first-order valence-electron chi connectivity index (χ1n) is 7.08. The van der Waals surface area contributed by atoms with Crippen LogP contribution in [0.2, 0.25) is 0 Å². The van der Waals surface area contributed by atoms with Gasteiger partial charge in [-0.3, -0.25) is 4.79 Å². The van der Waals surface area contributed by atoms with Crippen molar-refractivity contribution >= 4 is 5.91 Å². The van der Waals surface area contributed by atoms with Crippen molar-refractivity contribution in [3.63, 3.8) is 0 Å². The summed E-state index contributed by atoms with van der Waals surface area (Å²) in [6, 6.07) is 7.26. The van der Waals surface area contributed by atoms with Crippen LogP contribution in [0.4, 0.5) is 0 Å². The third-order valence-electron chi connectivity index (χ3n) is 3.39. The summed E-state index contributed by atoms with van der Waals surface area (Å²) in [5.41, 5.74) is 0.773. The van der Waals surface area contributed by atoms with Crippen LogP contribution in [-0.2, 0) is 9.53 Å². The van der Waals surface area contributed by atoms with Crippen LogP contribution in [0.3, 0.4) is 0 Å². The van der Waals surface area contributed by atoms with Crippen molar-refractivity contribution < 1.29 is 14.3 Å². The van der Waals surface area contributed by atoms with Crippen molar-refractivity contribution in [3.05, 3.63) is 30.6 Å². The maximum absolute atomic E-state index is 12.1. The number of aromatic nitrogens is 4. The first-order valence-corrected chi connectivity index (χ1v) is 7.08. The zero-order chi connectivity index (χ0) is 15.4. The fourth-order valence-electron chi connectivity index (χ4n) is 2.28. The van der Waals surface area contributed by atoms with Crippen LogP contribution in [-0.4, -0.2) is 63.4 Å². The van der Waals surface area contributed by atoms with Gasteiger partial charge in [0, 0.05) is 19.2 Å². The van der Waals surface area contributed by atoms with E-state index in [0.717, 1.165) is 5.69 Å². The van der Waals surface area contributed by atoms with Crippen LogP contribution in [0.15, 0.2) is 30.6 Å². The van der Waals surface area contributed by atoms with Gasteiger partial charge in [0.2, 0.25) is 0 Å². The summed E-state index contributed by atoms with van der Waals surface area (Å²) in [4.78, 5) is 13.9. The van der Waals surface area contributed by atoms with Gasteiger partial charge >= 0.3 is 0 Å². The number of rotatable bonds is 4. The molecule has 0 spiro atoms. The number of carbonyl (C=O) groups excluding carboxylic acids is 1. The molecule has 1 aromatic heterocycles. The van der Waals surface area contributed by atoms with Gasteiger partial charge in [0.15, 0.2) is 6.61 Å². The van der Waals surface area contributed by atoms with Gasteiger partial charge in [-0.1, -0.05) is 6.07 Å². The fraction of sp³-hybridized carbons (Fsp3) is 0.429. The number of ether oxygens (including phenoxy) is 2. The third-order valence-corrected chi connectivity index (χ3v) is 3.39. The predicted molar refractivity (Wildman–Crippen MR) is 76.6 cm³/mol. The monoisotopic (exact) mass is 303 g/mol. The normalized spacial score (nSPS) is 18.2. The first kappa shape index (κ1) is 14.5. The Morgan fingerprint density at radius 1 is 1.50 bits per heavy atom. The Morgan fingerprint density at radius 3 is 3.18 bits per heavy atom. The summed E-state index contributed by atoms with van der Waals surface area (Å²) >= 11 is 0. The highest BCUT2D eigenvalue weighted by atomic mass is 16.5. The lowest BCUT2D eigenvalue weighted by atomic mass is 10.3. The molecule has 1 aliphatic rings. The number of carbonyl (C=O) groups is 1. The Kier molecular flexibility index (Phi) is 4.29. The number of morpholine rings is 1. The highest BCUT2D eigenvalue weighted by molar-refractivity contribution is 5.77. The van der Waals surface area contributed by atoms with Crippen LogP contribution < -0.4 is 4.74 Å². The van der Waals surface area contributed by atoms with Crippen molar-refractivity contribution in [2.45, 2.75) is 13.0 Å². The zero-order valence-corrected chi connectivity index (χ0v) is 12.3. The topological polar surface area (TPSA) is 82.4 Å². The van der Waals surface area contributed by atoms with Crippen molar-refractivity contribution in [1.82, 2.24) is 25.1 Å². The van der Waals surface area contributed by atoms with E-state index < -0.39 is 0 Å². The van der Waals surface area contributed by atoms with E-state index in [-0.39, 0.29) is 18.6 Å². The van der Waals surface area contributed by atoms with Crippen LogP contribution >= 0.6 is 0 Å². The Labute approximate surface area is 127 Å². The molecule has 3 rings (SSSR count). The summed E-state index contributed by atoms with van der Waals surface area (Å²) < 4.78 is 12.5. The second-order valence-electron chi connectivity index (χ2n) is 5.06. The van der Waals surface area contributed by atoms with E-state index in [0.29, 0.717) is 25.4 Å². The fourth-order valence-corrected chi connectivity index (χ4v) is 2.28. The number of hydrogen-bond donors (Lipinski definition) is 0. The minimum absolute atomic E-state index is 0.00573. The molecule has 22 heavy (non-hydrogen) atoms. The van der Waals surface area contributed by atoms with Gasteiger partial charge in [0.25, 0.3) is 5.91 Å². The molecule has 2 heterocycles. The number of amides is 1. The largest absolute Gasteiger partial charge is 0.484 e. The molecule has 1 fully saturated rings. The Hall–Kier alpha value is -2.48. The molecular formula is C14H17N5O3. The predicted octanol–water partition coefficient (Wildman–Crippen LogP) is 0.288. The van der Waals surface area contributed by atoms with E-state index in [9.17, 15) is 4.79 Å². The molecule has 0 bridgehead atoms. The lowest BCUT2D eigenvalue weighted by molar-refractivity contribution is -0.140.